The van der Waals surface area contributed by atoms with Gasteiger partial charge in [-0.15, -0.1) is 0 Å². The average Bonchev–Trinajstić information content (AvgIpc) is 2.94. The van der Waals surface area contributed by atoms with Crippen LogP contribution in [0.3, 0.4) is 0 Å². The number of carbonyl (C=O) groups excluding carboxylic acids is 1. The van der Waals surface area contributed by atoms with Crippen LogP contribution in [0.15, 0.2) is 24.3 Å². The fraction of sp³-hybridized carbons (Fsp3) is 0.467. The number of rotatable bonds is 5. The first kappa shape index (κ1) is 17.1. The van der Waals surface area contributed by atoms with Gasteiger partial charge in [0.15, 0.2) is 6.61 Å². The van der Waals surface area contributed by atoms with Gasteiger partial charge in [-0.05, 0) is 31.0 Å². The van der Waals surface area contributed by atoms with Crippen molar-refractivity contribution < 1.29 is 32.6 Å². The van der Waals surface area contributed by atoms with Gasteiger partial charge in [0.05, 0.1) is 5.56 Å². The Morgan fingerprint density at radius 3 is 2.48 bits per heavy atom. The molecule has 2 rings (SSSR count). The van der Waals surface area contributed by atoms with Gasteiger partial charge in [0, 0.05) is 0 Å². The number of nitrogens with one attached hydrogen (secondary N) is 1. The molecule has 1 aromatic rings. The monoisotopic (exact) mass is 331 g/mol. The third kappa shape index (κ3) is 4.14. The van der Waals surface area contributed by atoms with Crippen molar-refractivity contribution in [1.29, 1.82) is 0 Å². The van der Waals surface area contributed by atoms with Gasteiger partial charge in [-0.2, -0.15) is 13.2 Å². The Bertz CT molecular complexity index is 595. The van der Waals surface area contributed by atoms with E-state index in [9.17, 15) is 27.9 Å². The molecule has 0 radical (unpaired) electrons. The molecule has 1 saturated carbocycles. The predicted octanol–water partition coefficient (Wildman–Crippen LogP) is 2.60. The molecule has 1 amide bonds. The standard InChI is InChI=1S/C15H16F3NO4/c16-15(17,18)10-4-3-5-11(8-10)23-9-12(20)19-14(13(21)22)6-1-2-7-14/h3-5,8H,1-2,6-7,9H2,(H,19,20)(H,21,22). The minimum Gasteiger partial charge on any atom is -0.484 e. The number of hydrogen-bond donors (Lipinski definition) is 2. The van der Waals surface area contributed by atoms with E-state index in [4.69, 9.17) is 4.74 Å². The van der Waals surface area contributed by atoms with Crippen LogP contribution in [0.4, 0.5) is 13.2 Å². The molecular formula is C15H16F3NO4. The van der Waals surface area contributed by atoms with E-state index in [1.165, 1.54) is 12.1 Å². The summed E-state index contributed by atoms with van der Waals surface area (Å²) in [5, 5.41) is 11.7. The van der Waals surface area contributed by atoms with Crippen LogP contribution >= 0.6 is 0 Å². The number of aliphatic carboxylic acids is 1. The Morgan fingerprint density at radius 2 is 1.91 bits per heavy atom. The van der Waals surface area contributed by atoms with E-state index in [1.807, 2.05) is 0 Å². The van der Waals surface area contributed by atoms with Crippen LogP contribution in [0.2, 0.25) is 0 Å². The van der Waals surface area contributed by atoms with Gasteiger partial charge >= 0.3 is 12.1 Å². The zero-order valence-corrected chi connectivity index (χ0v) is 12.2. The smallest absolute Gasteiger partial charge is 0.416 e. The summed E-state index contributed by atoms with van der Waals surface area (Å²) >= 11 is 0. The number of amides is 1. The third-order valence-corrected chi connectivity index (χ3v) is 3.78. The number of alkyl halides is 3. The Balaban J connectivity index is 1.96. The maximum absolute atomic E-state index is 12.6. The molecule has 0 bridgehead atoms. The Kier molecular flexibility index (Phi) is 4.82. The molecule has 0 heterocycles. The van der Waals surface area contributed by atoms with E-state index < -0.39 is 35.8 Å². The van der Waals surface area contributed by atoms with Crippen LogP contribution in [0, 0.1) is 0 Å². The van der Waals surface area contributed by atoms with Crippen LogP contribution in [0.5, 0.6) is 5.75 Å². The van der Waals surface area contributed by atoms with Gasteiger partial charge in [0.25, 0.3) is 5.91 Å². The molecule has 1 aromatic carbocycles. The zero-order valence-electron chi connectivity index (χ0n) is 12.2. The number of benzene rings is 1. The van der Waals surface area contributed by atoms with E-state index in [0.29, 0.717) is 25.7 Å². The van der Waals surface area contributed by atoms with Crippen molar-refractivity contribution in [2.45, 2.75) is 37.4 Å². The summed E-state index contributed by atoms with van der Waals surface area (Å²) in [6.45, 7) is -0.545. The van der Waals surface area contributed by atoms with E-state index in [2.05, 4.69) is 5.32 Å². The van der Waals surface area contributed by atoms with Gasteiger partial charge in [-0.3, -0.25) is 4.79 Å². The molecule has 0 atom stereocenters. The summed E-state index contributed by atoms with van der Waals surface area (Å²) in [4.78, 5) is 23.1. The SMILES string of the molecule is O=C(COc1cccc(C(F)(F)F)c1)NC1(C(=O)O)CCCC1. The lowest BCUT2D eigenvalue weighted by atomic mass is 9.98. The van der Waals surface area contributed by atoms with Crippen LogP contribution in [-0.4, -0.2) is 29.1 Å². The van der Waals surface area contributed by atoms with Crippen LogP contribution < -0.4 is 10.1 Å². The van der Waals surface area contributed by atoms with Crippen molar-refractivity contribution in [3.8, 4) is 5.75 Å². The lowest BCUT2D eigenvalue weighted by Gasteiger charge is -2.25. The Morgan fingerprint density at radius 1 is 1.26 bits per heavy atom. The summed E-state index contributed by atoms with van der Waals surface area (Å²) in [5.74, 6) is -1.89. The van der Waals surface area contributed by atoms with Crippen LogP contribution in [-0.2, 0) is 15.8 Å². The second-order valence-electron chi connectivity index (χ2n) is 5.46. The van der Waals surface area contributed by atoms with Gasteiger partial charge in [-0.1, -0.05) is 18.9 Å². The molecule has 0 unspecified atom stereocenters. The normalized spacial score (nSPS) is 16.8. The Hall–Kier alpha value is -2.25. The molecule has 1 aliphatic rings. The first-order chi connectivity index (χ1) is 10.7. The van der Waals surface area contributed by atoms with E-state index >= 15 is 0 Å². The summed E-state index contributed by atoms with van der Waals surface area (Å²) in [5.41, 5.74) is -2.18. The first-order valence-corrected chi connectivity index (χ1v) is 7.07. The molecule has 1 aliphatic carbocycles. The summed E-state index contributed by atoms with van der Waals surface area (Å²) < 4.78 is 42.8. The number of carboxylic acid groups (broad SMARTS) is 1. The van der Waals surface area contributed by atoms with Crippen molar-refractivity contribution in [1.82, 2.24) is 5.32 Å². The van der Waals surface area contributed by atoms with Gasteiger partial charge in [0.2, 0.25) is 0 Å². The van der Waals surface area contributed by atoms with Gasteiger partial charge in [0.1, 0.15) is 11.3 Å². The van der Waals surface area contributed by atoms with E-state index in [1.54, 1.807) is 0 Å². The highest BCUT2D eigenvalue weighted by Gasteiger charge is 2.42. The van der Waals surface area contributed by atoms with E-state index in [0.717, 1.165) is 12.1 Å². The predicted molar refractivity (Wildman–Crippen MR) is 73.9 cm³/mol. The number of carboxylic acids is 1. The third-order valence-electron chi connectivity index (χ3n) is 3.78. The molecule has 1 fully saturated rings. The number of halogens is 3. The minimum absolute atomic E-state index is 0.106. The molecule has 8 heteroatoms. The average molecular weight is 331 g/mol. The fourth-order valence-corrected chi connectivity index (χ4v) is 2.58. The van der Waals surface area contributed by atoms with Gasteiger partial charge in [-0.25, -0.2) is 4.79 Å². The molecule has 0 saturated heterocycles. The first-order valence-electron chi connectivity index (χ1n) is 7.07. The summed E-state index contributed by atoms with van der Waals surface area (Å²) in [7, 11) is 0. The maximum atomic E-state index is 12.6. The highest BCUT2D eigenvalue weighted by molar-refractivity contribution is 5.87. The van der Waals surface area contributed by atoms with Gasteiger partial charge < -0.3 is 15.2 Å². The largest absolute Gasteiger partial charge is 0.484 e. The highest BCUT2D eigenvalue weighted by atomic mass is 19.4. The number of carbonyl (C=O) groups is 2. The van der Waals surface area contributed by atoms with Crippen LogP contribution in [0.25, 0.3) is 0 Å². The molecule has 5 nitrogen and oxygen atoms in total. The zero-order chi connectivity index (χ0) is 17.1. The molecule has 23 heavy (non-hydrogen) atoms. The molecule has 0 spiro atoms. The molecular weight excluding hydrogens is 315 g/mol. The number of hydrogen-bond acceptors (Lipinski definition) is 3. The quantitative estimate of drug-likeness (QED) is 0.870. The minimum atomic E-state index is -4.50. The fourth-order valence-electron chi connectivity index (χ4n) is 2.58. The molecule has 0 aliphatic heterocycles. The summed E-state index contributed by atoms with van der Waals surface area (Å²) in [6, 6.07) is 4.15. The lowest BCUT2D eigenvalue weighted by Crippen LogP contribution is -2.53. The number of ether oxygens (including phenoxy) is 1. The Labute approximate surface area is 130 Å². The summed E-state index contributed by atoms with van der Waals surface area (Å²) in [6.07, 6.45) is -2.45. The van der Waals surface area contributed by atoms with Crippen molar-refractivity contribution in [3.63, 3.8) is 0 Å². The highest BCUT2D eigenvalue weighted by Crippen LogP contribution is 2.31. The van der Waals surface area contributed by atoms with Crippen molar-refractivity contribution in [3.05, 3.63) is 29.8 Å². The molecule has 2 N–H and O–H groups in total. The maximum Gasteiger partial charge on any atom is 0.416 e. The lowest BCUT2D eigenvalue weighted by molar-refractivity contribution is -0.147. The van der Waals surface area contributed by atoms with Crippen molar-refractivity contribution >= 4 is 11.9 Å². The second-order valence-corrected chi connectivity index (χ2v) is 5.46. The topological polar surface area (TPSA) is 75.6 Å². The molecule has 126 valence electrons. The second kappa shape index (κ2) is 6.47. The van der Waals surface area contributed by atoms with Crippen LogP contribution in [0.1, 0.15) is 31.2 Å². The van der Waals surface area contributed by atoms with Crippen molar-refractivity contribution in [2.75, 3.05) is 6.61 Å². The van der Waals surface area contributed by atoms with Crippen molar-refractivity contribution in [2.24, 2.45) is 0 Å². The molecule has 0 aromatic heterocycles. The van der Waals surface area contributed by atoms with E-state index in [-0.39, 0.29) is 5.75 Å².